The van der Waals surface area contributed by atoms with Crippen LogP contribution < -0.4 is 10.3 Å². The monoisotopic (exact) mass is 481 g/mol. The largest absolute Gasteiger partial charge is 0.450 e. The molecule has 8 heteroatoms. The molecule has 2 aromatic carbocycles. The minimum Gasteiger partial charge on any atom is -0.450 e. The van der Waals surface area contributed by atoms with Crippen LogP contribution >= 0.6 is 27.3 Å². The summed E-state index contributed by atoms with van der Waals surface area (Å²) in [5.41, 5.74) is 1.31. The van der Waals surface area contributed by atoms with Gasteiger partial charge in [-0.05, 0) is 29.8 Å². The molecular weight excluding hydrogens is 466 g/mol. The summed E-state index contributed by atoms with van der Waals surface area (Å²) in [7, 11) is 0. The molecule has 3 heterocycles. The van der Waals surface area contributed by atoms with Crippen LogP contribution in [0, 0.1) is 0 Å². The lowest BCUT2D eigenvalue weighted by Gasteiger charge is -2.22. The zero-order chi connectivity index (χ0) is 21.0. The van der Waals surface area contributed by atoms with Gasteiger partial charge in [0.2, 0.25) is 10.9 Å². The van der Waals surface area contributed by atoms with E-state index in [9.17, 15) is 9.59 Å². The number of nitrogens with zero attached hydrogens (tertiary/aromatic N) is 3. The van der Waals surface area contributed by atoms with E-state index >= 15 is 0 Å². The van der Waals surface area contributed by atoms with Crippen molar-refractivity contribution in [1.29, 1.82) is 0 Å². The molecule has 2 aromatic heterocycles. The summed E-state index contributed by atoms with van der Waals surface area (Å²) in [6, 6.07) is 13.9. The van der Waals surface area contributed by atoms with Crippen molar-refractivity contribution in [1.82, 2.24) is 10.2 Å². The van der Waals surface area contributed by atoms with E-state index in [4.69, 9.17) is 4.42 Å². The number of hydrogen-bond donors (Lipinski definition) is 0. The van der Waals surface area contributed by atoms with Crippen molar-refractivity contribution < 1.29 is 9.21 Å². The Labute approximate surface area is 184 Å². The van der Waals surface area contributed by atoms with E-state index in [0.717, 1.165) is 15.0 Å². The van der Waals surface area contributed by atoms with Crippen molar-refractivity contribution >= 4 is 49.3 Å². The first kappa shape index (κ1) is 19.1. The standard InChI is InChI=1S/C22H16BrN3O3S/c1-11(2)20-24-25-22(30-20)26-17(12-6-5-7-13(23)10-12)16-18(27)14-8-3-4-9-15(14)29-19(16)21(26)28/h3-11,17H,1-2H3. The second kappa shape index (κ2) is 7.14. The SMILES string of the molecule is CC(C)c1nnc(N2C(=O)c3oc4ccccc4c(=O)c3C2c2cccc(Br)c2)s1. The Morgan fingerprint density at radius 2 is 1.90 bits per heavy atom. The van der Waals surface area contributed by atoms with Crippen molar-refractivity contribution in [3.05, 3.63) is 85.1 Å². The third-order valence-corrected chi connectivity index (χ3v) is 6.79. The number of benzene rings is 2. The number of para-hydroxylation sites is 1. The fourth-order valence-electron chi connectivity index (χ4n) is 3.67. The summed E-state index contributed by atoms with van der Waals surface area (Å²) < 4.78 is 6.79. The summed E-state index contributed by atoms with van der Waals surface area (Å²) in [5.74, 6) is -0.141. The molecule has 0 N–H and O–H groups in total. The van der Waals surface area contributed by atoms with Gasteiger partial charge in [-0.3, -0.25) is 14.5 Å². The van der Waals surface area contributed by atoms with Crippen molar-refractivity contribution in [3.63, 3.8) is 0 Å². The van der Waals surface area contributed by atoms with Gasteiger partial charge in [-0.15, -0.1) is 10.2 Å². The summed E-state index contributed by atoms with van der Waals surface area (Å²) in [6.45, 7) is 4.04. The number of anilines is 1. The third kappa shape index (κ3) is 2.90. The van der Waals surface area contributed by atoms with Gasteiger partial charge in [0.05, 0.1) is 17.0 Å². The van der Waals surface area contributed by atoms with Gasteiger partial charge >= 0.3 is 0 Å². The minimum absolute atomic E-state index is 0.0602. The number of carbonyl (C=O) groups is 1. The zero-order valence-corrected chi connectivity index (χ0v) is 18.5. The van der Waals surface area contributed by atoms with E-state index < -0.39 is 6.04 Å². The topological polar surface area (TPSA) is 76.3 Å². The van der Waals surface area contributed by atoms with Gasteiger partial charge in [-0.1, -0.05) is 65.4 Å². The maximum Gasteiger partial charge on any atom is 0.297 e. The molecule has 5 rings (SSSR count). The minimum atomic E-state index is -0.640. The van der Waals surface area contributed by atoms with E-state index in [2.05, 4.69) is 26.1 Å². The predicted molar refractivity (Wildman–Crippen MR) is 119 cm³/mol. The summed E-state index contributed by atoms with van der Waals surface area (Å²) in [5, 5.41) is 10.2. The van der Waals surface area contributed by atoms with Gasteiger partial charge in [0.1, 0.15) is 10.6 Å². The fourth-order valence-corrected chi connectivity index (χ4v) is 4.96. The maximum absolute atomic E-state index is 13.5. The quantitative estimate of drug-likeness (QED) is 0.397. The van der Waals surface area contributed by atoms with E-state index in [-0.39, 0.29) is 23.0 Å². The first-order chi connectivity index (χ1) is 14.5. The van der Waals surface area contributed by atoms with Crippen LogP contribution in [-0.4, -0.2) is 16.1 Å². The van der Waals surface area contributed by atoms with Crippen molar-refractivity contribution in [3.8, 4) is 0 Å². The molecule has 0 saturated carbocycles. The van der Waals surface area contributed by atoms with Gasteiger partial charge in [0.15, 0.2) is 5.43 Å². The Bertz CT molecular complexity index is 1360. The molecule has 1 amide bonds. The summed E-state index contributed by atoms with van der Waals surface area (Å²) in [6.07, 6.45) is 0. The molecule has 30 heavy (non-hydrogen) atoms. The van der Waals surface area contributed by atoms with Gasteiger partial charge in [0, 0.05) is 10.4 Å². The number of fused-ring (bicyclic) bond motifs is 2. The van der Waals surface area contributed by atoms with Gasteiger partial charge in [-0.25, -0.2) is 0 Å². The third-order valence-electron chi connectivity index (χ3n) is 5.07. The van der Waals surface area contributed by atoms with Gasteiger partial charge in [-0.2, -0.15) is 0 Å². The molecule has 6 nitrogen and oxygen atoms in total. The van der Waals surface area contributed by atoms with Gasteiger partial charge < -0.3 is 4.42 Å². The van der Waals surface area contributed by atoms with Crippen LogP contribution in [-0.2, 0) is 0 Å². The molecule has 150 valence electrons. The number of hydrogen-bond acceptors (Lipinski definition) is 6. The lowest BCUT2D eigenvalue weighted by molar-refractivity contribution is 0.0970. The maximum atomic E-state index is 13.5. The Morgan fingerprint density at radius 3 is 2.63 bits per heavy atom. The van der Waals surface area contributed by atoms with E-state index in [0.29, 0.717) is 21.7 Å². The molecule has 1 unspecified atom stereocenters. The van der Waals surface area contributed by atoms with Crippen molar-refractivity contribution in [2.75, 3.05) is 4.90 Å². The highest BCUT2D eigenvalue weighted by molar-refractivity contribution is 9.10. The molecule has 0 spiro atoms. The first-order valence-corrected chi connectivity index (χ1v) is 11.0. The average Bonchev–Trinajstić information content (AvgIpc) is 3.32. The number of rotatable bonds is 3. The molecule has 4 aromatic rings. The highest BCUT2D eigenvalue weighted by Gasteiger charge is 2.45. The Balaban J connectivity index is 1.79. The van der Waals surface area contributed by atoms with Crippen LogP contribution in [0.3, 0.4) is 0 Å². The number of aromatic nitrogens is 2. The molecule has 1 aliphatic rings. The van der Waals surface area contributed by atoms with Crippen LogP contribution in [0.25, 0.3) is 11.0 Å². The Morgan fingerprint density at radius 1 is 1.10 bits per heavy atom. The van der Waals surface area contributed by atoms with Crippen LogP contribution in [0.4, 0.5) is 5.13 Å². The summed E-state index contributed by atoms with van der Waals surface area (Å²) in [4.78, 5) is 28.4. The van der Waals surface area contributed by atoms with Crippen LogP contribution in [0.2, 0.25) is 0 Å². The van der Waals surface area contributed by atoms with E-state index in [1.54, 1.807) is 24.3 Å². The van der Waals surface area contributed by atoms with Crippen molar-refractivity contribution in [2.24, 2.45) is 0 Å². The van der Waals surface area contributed by atoms with Crippen LogP contribution in [0.1, 0.15) is 52.5 Å². The fraction of sp³-hybridized carbons (Fsp3) is 0.182. The summed E-state index contributed by atoms with van der Waals surface area (Å²) >= 11 is 4.84. The molecule has 0 saturated heterocycles. The molecule has 0 bridgehead atoms. The first-order valence-electron chi connectivity index (χ1n) is 9.44. The number of carbonyl (C=O) groups excluding carboxylic acids is 1. The Hall–Kier alpha value is -2.84. The second-order valence-corrected chi connectivity index (χ2v) is 9.28. The predicted octanol–water partition coefficient (Wildman–Crippen LogP) is 5.28. The van der Waals surface area contributed by atoms with E-state index in [1.165, 1.54) is 16.2 Å². The molecule has 0 radical (unpaired) electrons. The Kier molecular flexibility index (Phi) is 4.56. The highest BCUT2D eigenvalue weighted by Crippen LogP contribution is 2.43. The van der Waals surface area contributed by atoms with E-state index in [1.807, 2.05) is 38.1 Å². The molecular formula is C22H16BrN3O3S. The molecule has 1 atom stereocenters. The van der Waals surface area contributed by atoms with Crippen molar-refractivity contribution in [2.45, 2.75) is 25.8 Å². The highest BCUT2D eigenvalue weighted by atomic mass is 79.9. The second-order valence-electron chi connectivity index (χ2n) is 7.38. The lowest BCUT2D eigenvalue weighted by atomic mass is 9.99. The smallest absolute Gasteiger partial charge is 0.297 e. The molecule has 1 aliphatic heterocycles. The zero-order valence-electron chi connectivity index (χ0n) is 16.1. The van der Waals surface area contributed by atoms with Crippen LogP contribution in [0.5, 0.6) is 0 Å². The normalized spacial score (nSPS) is 15.9. The van der Waals surface area contributed by atoms with Gasteiger partial charge in [0.25, 0.3) is 5.91 Å². The molecule has 0 fully saturated rings. The number of halogens is 1. The molecule has 0 aliphatic carbocycles. The average molecular weight is 482 g/mol. The lowest BCUT2D eigenvalue weighted by Crippen LogP contribution is -2.29. The van der Waals surface area contributed by atoms with Crippen LogP contribution in [0.15, 0.2) is 62.2 Å². The number of amides is 1.